The average Bonchev–Trinajstić information content (AvgIpc) is 3.07. The second-order valence-corrected chi connectivity index (χ2v) is 8.69. The van der Waals surface area contributed by atoms with Crippen molar-refractivity contribution in [2.45, 2.75) is 6.54 Å². The summed E-state index contributed by atoms with van der Waals surface area (Å²) in [5.41, 5.74) is 1.97. The summed E-state index contributed by atoms with van der Waals surface area (Å²) in [6, 6.07) is 3.55. The molecule has 25 heavy (non-hydrogen) atoms. The van der Waals surface area contributed by atoms with Gasteiger partial charge in [0.05, 0.1) is 18.4 Å². The zero-order chi connectivity index (χ0) is 18.2. The van der Waals surface area contributed by atoms with E-state index in [1.54, 1.807) is 18.1 Å². The zero-order valence-electron chi connectivity index (χ0n) is 14.1. The molecule has 138 valence electrons. The highest BCUT2D eigenvalue weighted by Gasteiger charge is 2.29. The fourth-order valence-corrected chi connectivity index (χ4v) is 4.21. The molecule has 0 spiro atoms. The van der Waals surface area contributed by atoms with Gasteiger partial charge in [-0.15, -0.1) is 0 Å². The molecule has 0 saturated carbocycles. The first-order chi connectivity index (χ1) is 11.8. The maximum Gasteiger partial charge on any atom is 0.270 e. The van der Waals surface area contributed by atoms with Crippen LogP contribution in [-0.4, -0.2) is 74.2 Å². The molecule has 0 aromatic carbocycles. The number of hydrogen-bond acceptors (Lipinski definition) is 5. The normalized spacial score (nSPS) is 16.7. The van der Waals surface area contributed by atoms with Crippen LogP contribution in [0, 0.1) is 0 Å². The molecule has 3 rings (SSSR count). The number of sulfonamides is 1. The van der Waals surface area contributed by atoms with Gasteiger partial charge in [-0.2, -0.15) is 4.31 Å². The number of piperazine rings is 1. The lowest BCUT2D eigenvalue weighted by Gasteiger charge is -2.33. The number of fused-ring (bicyclic) bond motifs is 1. The Morgan fingerprint density at radius 2 is 1.96 bits per heavy atom. The second kappa shape index (κ2) is 7.10. The predicted molar refractivity (Wildman–Crippen MR) is 96.1 cm³/mol. The van der Waals surface area contributed by atoms with Crippen LogP contribution < -0.4 is 0 Å². The SMILES string of the molecule is COCCn1c(C(=O)N2CCN(S(C)(=O)=O)CC2)cc2oc(Br)cc21. The van der Waals surface area contributed by atoms with Crippen LogP contribution in [0.2, 0.25) is 0 Å². The van der Waals surface area contributed by atoms with Gasteiger partial charge in [0.15, 0.2) is 10.3 Å². The van der Waals surface area contributed by atoms with Crippen LogP contribution in [0.1, 0.15) is 10.5 Å². The number of rotatable bonds is 5. The molecule has 0 unspecified atom stereocenters. The third-order valence-corrected chi connectivity index (χ3v) is 5.99. The van der Waals surface area contributed by atoms with Crippen LogP contribution in [-0.2, 0) is 21.3 Å². The Bertz CT molecular complexity index is 880. The molecule has 3 heterocycles. The molecule has 0 bridgehead atoms. The van der Waals surface area contributed by atoms with Crippen LogP contribution in [0.3, 0.4) is 0 Å². The van der Waals surface area contributed by atoms with Gasteiger partial charge in [-0.05, 0) is 15.9 Å². The number of carbonyl (C=O) groups is 1. The van der Waals surface area contributed by atoms with Crippen molar-refractivity contribution in [1.29, 1.82) is 0 Å². The predicted octanol–water partition coefficient (Wildman–Crippen LogP) is 1.36. The molecule has 1 fully saturated rings. The van der Waals surface area contributed by atoms with Gasteiger partial charge in [-0.25, -0.2) is 8.42 Å². The lowest BCUT2D eigenvalue weighted by molar-refractivity contribution is 0.0685. The van der Waals surface area contributed by atoms with Crippen molar-refractivity contribution in [3.05, 3.63) is 22.5 Å². The van der Waals surface area contributed by atoms with E-state index >= 15 is 0 Å². The highest BCUT2D eigenvalue weighted by Crippen LogP contribution is 2.28. The van der Waals surface area contributed by atoms with Crippen LogP contribution in [0.15, 0.2) is 21.2 Å². The molecule has 0 N–H and O–H groups in total. The summed E-state index contributed by atoms with van der Waals surface area (Å²) in [4.78, 5) is 14.6. The van der Waals surface area contributed by atoms with Crippen molar-refractivity contribution in [2.24, 2.45) is 0 Å². The standard InChI is InChI=1S/C15H20BrN3O5S/c1-23-8-7-19-11-10-14(16)24-13(11)9-12(19)15(20)17-3-5-18(6-4-17)25(2,21)22/h9-10H,3-8H2,1-2H3. The summed E-state index contributed by atoms with van der Waals surface area (Å²) >= 11 is 3.30. The number of carbonyl (C=O) groups excluding carboxylic acids is 1. The lowest BCUT2D eigenvalue weighted by atomic mass is 10.3. The minimum atomic E-state index is -3.22. The number of nitrogens with zero attached hydrogens (tertiary/aromatic N) is 3. The number of aromatic nitrogens is 1. The molecule has 2 aromatic rings. The first-order valence-corrected chi connectivity index (χ1v) is 10.5. The van der Waals surface area contributed by atoms with E-state index in [1.807, 2.05) is 10.6 Å². The Kier molecular flexibility index (Phi) is 5.24. The summed E-state index contributed by atoms with van der Waals surface area (Å²) in [6.07, 6.45) is 1.19. The van der Waals surface area contributed by atoms with E-state index in [9.17, 15) is 13.2 Å². The second-order valence-electron chi connectivity index (χ2n) is 5.93. The molecule has 10 heteroatoms. The largest absolute Gasteiger partial charge is 0.448 e. The van der Waals surface area contributed by atoms with Gasteiger partial charge in [0, 0.05) is 52.0 Å². The molecule has 1 saturated heterocycles. The molecule has 8 nitrogen and oxygen atoms in total. The van der Waals surface area contributed by atoms with Crippen molar-refractivity contribution in [3.8, 4) is 0 Å². The summed E-state index contributed by atoms with van der Waals surface area (Å²) in [5.74, 6) is -0.133. The van der Waals surface area contributed by atoms with E-state index in [0.29, 0.717) is 55.3 Å². The van der Waals surface area contributed by atoms with Gasteiger partial charge in [-0.3, -0.25) is 4.79 Å². The molecule has 1 aliphatic rings. The number of halogens is 1. The van der Waals surface area contributed by atoms with E-state index in [2.05, 4.69) is 15.9 Å². The number of ether oxygens (including phenoxy) is 1. The maximum absolute atomic E-state index is 12.9. The quantitative estimate of drug-likeness (QED) is 0.710. The van der Waals surface area contributed by atoms with Crippen LogP contribution >= 0.6 is 15.9 Å². The molecule has 2 aromatic heterocycles. The highest BCUT2D eigenvalue weighted by atomic mass is 79.9. The van der Waals surface area contributed by atoms with Crippen molar-refractivity contribution in [3.63, 3.8) is 0 Å². The average molecular weight is 434 g/mol. The van der Waals surface area contributed by atoms with Gasteiger partial charge < -0.3 is 18.6 Å². The van der Waals surface area contributed by atoms with Crippen molar-refractivity contribution in [1.82, 2.24) is 13.8 Å². The van der Waals surface area contributed by atoms with Crippen molar-refractivity contribution >= 4 is 43.0 Å². The Morgan fingerprint density at radius 3 is 2.56 bits per heavy atom. The van der Waals surface area contributed by atoms with E-state index in [-0.39, 0.29) is 5.91 Å². The third kappa shape index (κ3) is 3.76. The van der Waals surface area contributed by atoms with Crippen LogP contribution in [0.25, 0.3) is 11.1 Å². The third-order valence-electron chi connectivity index (χ3n) is 4.29. The zero-order valence-corrected chi connectivity index (χ0v) is 16.5. The Balaban J connectivity index is 1.83. The fourth-order valence-electron chi connectivity index (χ4n) is 3.00. The van der Waals surface area contributed by atoms with Gasteiger partial charge >= 0.3 is 0 Å². The topological polar surface area (TPSA) is 85.0 Å². The van der Waals surface area contributed by atoms with Crippen molar-refractivity contribution in [2.75, 3.05) is 46.2 Å². The lowest BCUT2D eigenvalue weighted by Crippen LogP contribution is -2.50. The van der Waals surface area contributed by atoms with Gasteiger partial charge in [0.25, 0.3) is 5.91 Å². The molecule has 0 atom stereocenters. The smallest absolute Gasteiger partial charge is 0.270 e. The minimum absolute atomic E-state index is 0.133. The summed E-state index contributed by atoms with van der Waals surface area (Å²) < 4.78 is 37.8. The molecular formula is C15H20BrN3O5S. The van der Waals surface area contributed by atoms with Crippen molar-refractivity contribution < 1.29 is 22.4 Å². The van der Waals surface area contributed by atoms with Crippen LogP contribution in [0.4, 0.5) is 0 Å². The number of methoxy groups -OCH3 is 1. The first-order valence-electron chi connectivity index (χ1n) is 7.83. The Labute approximate surface area is 154 Å². The summed E-state index contributed by atoms with van der Waals surface area (Å²) in [6.45, 7) is 2.35. The Hall–Kier alpha value is -1.36. The van der Waals surface area contributed by atoms with E-state index in [4.69, 9.17) is 9.15 Å². The van der Waals surface area contributed by atoms with E-state index < -0.39 is 10.0 Å². The summed E-state index contributed by atoms with van der Waals surface area (Å²) in [5, 5.41) is 0. The first kappa shape index (κ1) is 18.4. The highest BCUT2D eigenvalue weighted by molar-refractivity contribution is 9.10. The number of amides is 1. The monoisotopic (exact) mass is 433 g/mol. The maximum atomic E-state index is 12.9. The Morgan fingerprint density at radius 1 is 1.28 bits per heavy atom. The molecule has 0 radical (unpaired) electrons. The molecular weight excluding hydrogens is 414 g/mol. The molecule has 1 aliphatic heterocycles. The van der Waals surface area contributed by atoms with Crippen LogP contribution in [0.5, 0.6) is 0 Å². The van der Waals surface area contributed by atoms with Gasteiger partial charge in [-0.1, -0.05) is 0 Å². The molecule has 1 amide bonds. The van der Waals surface area contributed by atoms with E-state index in [1.165, 1.54) is 10.6 Å². The van der Waals surface area contributed by atoms with Gasteiger partial charge in [0.1, 0.15) is 5.69 Å². The van der Waals surface area contributed by atoms with E-state index in [0.717, 1.165) is 5.52 Å². The minimum Gasteiger partial charge on any atom is -0.448 e. The summed E-state index contributed by atoms with van der Waals surface area (Å²) in [7, 11) is -1.61. The molecule has 0 aliphatic carbocycles. The van der Waals surface area contributed by atoms with Gasteiger partial charge in [0.2, 0.25) is 10.0 Å². The number of hydrogen-bond donors (Lipinski definition) is 0. The number of furan rings is 1. The fraction of sp³-hybridized carbons (Fsp3) is 0.533.